The number of urea groups is 1. The zero-order chi connectivity index (χ0) is 16.8. The number of likely N-dealkylation sites (N-methyl/N-ethyl adjacent to an activating group) is 2. The lowest BCUT2D eigenvalue weighted by Crippen LogP contribution is -2.55. The van der Waals surface area contributed by atoms with Crippen molar-refractivity contribution < 1.29 is 13.6 Å². The number of hydrogen-bond donors (Lipinski definition) is 1. The maximum absolute atomic E-state index is 12.5. The van der Waals surface area contributed by atoms with Crippen LogP contribution in [0.2, 0.25) is 0 Å². The topological polar surface area (TPSA) is 42.1 Å². The third-order valence-electron chi connectivity index (χ3n) is 4.74. The van der Waals surface area contributed by atoms with E-state index in [9.17, 15) is 13.6 Å². The average molecular weight is 333 g/mol. The molecule has 6 nitrogen and oxygen atoms in total. The number of rotatable bonds is 4. The monoisotopic (exact) mass is 333 g/mol. The Labute approximate surface area is 137 Å². The second-order valence-electron chi connectivity index (χ2n) is 6.62. The van der Waals surface area contributed by atoms with Gasteiger partial charge in [0.25, 0.3) is 6.43 Å². The minimum Gasteiger partial charge on any atom is -0.336 e. The number of nitrogens with zero attached hydrogens (tertiary/aromatic N) is 4. The number of amides is 2. The summed E-state index contributed by atoms with van der Waals surface area (Å²) in [6.45, 7) is 5.71. The molecule has 2 rings (SSSR count). The predicted molar refractivity (Wildman–Crippen MR) is 85.9 cm³/mol. The second-order valence-corrected chi connectivity index (χ2v) is 6.62. The standard InChI is InChI=1S/C15H29F2N5O/c1-19-6-7-20(2)13(11-19)10-18-15(23)22-5-3-4-21(8-9-22)12-14(16)17/h13-14H,3-12H2,1-2H3,(H,18,23)/t13-/m1/s1. The van der Waals surface area contributed by atoms with Gasteiger partial charge in [-0.15, -0.1) is 0 Å². The van der Waals surface area contributed by atoms with E-state index >= 15 is 0 Å². The van der Waals surface area contributed by atoms with E-state index in [0.29, 0.717) is 38.8 Å². The summed E-state index contributed by atoms with van der Waals surface area (Å²) in [6.07, 6.45) is -1.57. The summed E-state index contributed by atoms with van der Waals surface area (Å²) in [5.41, 5.74) is 0. The third kappa shape index (κ3) is 5.86. The van der Waals surface area contributed by atoms with Gasteiger partial charge in [0, 0.05) is 58.4 Å². The molecule has 2 aliphatic rings. The van der Waals surface area contributed by atoms with Gasteiger partial charge in [-0.3, -0.25) is 9.80 Å². The normalized spacial score (nSPS) is 25.6. The van der Waals surface area contributed by atoms with Gasteiger partial charge in [-0.05, 0) is 20.5 Å². The van der Waals surface area contributed by atoms with Crippen LogP contribution in [0.15, 0.2) is 0 Å². The SMILES string of the molecule is CN1CCN(C)[C@H](CNC(=O)N2CCCN(CC(F)F)CC2)C1. The van der Waals surface area contributed by atoms with Crippen molar-refractivity contribution in [1.82, 2.24) is 24.9 Å². The quantitative estimate of drug-likeness (QED) is 0.799. The first-order chi connectivity index (χ1) is 11.0. The van der Waals surface area contributed by atoms with Crippen molar-refractivity contribution in [1.29, 1.82) is 0 Å². The number of nitrogens with one attached hydrogen (secondary N) is 1. The van der Waals surface area contributed by atoms with Gasteiger partial charge in [-0.2, -0.15) is 0 Å². The van der Waals surface area contributed by atoms with E-state index < -0.39 is 6.43 Å². The van der Waals surface area contributed by atoms with Crippen molar-refractivity contribution in [2.45, 2.75) is 18.9 Å². The van der Waals surface area contributed by atoms with Crippen LogP contribution < -0.4 is 5.32 Å². The highest BCUT2D eigenvalue weighted by atomic mass is 19.3. The van der Waals surface area contributed by atoms with Crippen LogP contribution in [-0.4, -0.2) is 111 Å². The molecule has 0 aromatic rings. The lowest BCUT2D eigenvalue weighted by atomic mass is 10.2. The Morgan fingerprint density at radius 3 is 2.65 bits per heavy atom. The molecule has 0 unspecified atom stereocenters. The summed E-state index contributed by atoms with van der Waals surface area (Å²) >= 11 is 0. The molecular weight excluding hydrogens is 304 g/mol. The molecule has 2 fully saturated rings. The highest BCUT2D eigenvalue weighted by Crippen LogP contribution is 2.07. The molecule has 134 valence electrons. The van der Waals surface area contributed by atoms with Crippen LogP contribution in [0.5, 0.6) is 0 Å². The van der Waals surface area contributed by atoms with Crippen molar-refractivity contribution in [3.05, 3.63) is 0 Å². The zero-order valence-electron chi connectivity index (χ0n) is 14.2. The molecule has 2 aliphatic heterocycles. The van der Waals surface area contributed by atoms with Gasteiger partial charge < -0.3 is 15.1 Å². The number of halogens is 2. The number of carbonyl (C=O) groups is 1. The molecule has 23 heavy (non-hydrogen) atoms. The van der Waals surface area contributed by atoms with Crippen molar-refractivity contribution in [3.63, 3.8) is 0 Å². The minimum atomic E-state index is -2.31. The van der Waals surface area contributed by atoms with Crippen molar-refractivity contribution in [2.75, 3.05) is 73.0 Å². The fourth-order valence-corrected chi connectivity index (χ4v) is 3.19. The van der Waals surface area contributed by atoms with Crippen LogP contribution in [0, 0.1) is 0 Å². The molecule has 2 amide bonds. The Morgan fingerprint density at radius 1 is 1.13 bits per heavy atom. The molecular formula is C15H29F2N5O. The molecule has 0 aromatic carbocycles. The van der Waals surface area contributed by atoms with E-state index in [1.165, 1.54) is 0 Å². The summed E-state index contributed by atoms with van der Waals surface area (Å²) in [4.78, 5) is 20.4. The summed E-state index contributed by atoms with van der Waals surface area (Å²) in [5.74, 6) is 0. The molecule has 0 aromatic heterocycles. The lowest BCUT2D eigenvalue weighted by Gasteiger charge is -2.38. The molecule has 0 saturated carbocycles. The lowest BCUT2D eigenvalue weighted by molar-refractivity contribution is 0.0902. The van der Waals surface area contributed by atoms with Gasteiger partial charge >= 0.3 is 6.03 Å². The van der Waals surface area contributed by atoms with E-state index in [-0.39, 0.29) is 12.6 Å². The molecule has 1 N–H and O–H groups in total. The van der Waals surface area contributed by atoms with Gasteiger partial charge in [0.2, 0.25) is 0 Å². The zero-order valence-corrected chi connectivity index (χ0v) is 14.2. The van der Waals surface area contributed by atoms with Crippen LogP contribution in [0.1, 0.15) is 6.42 Å². The maximum Gasteiger partial charge on any atom is 0.317 e. The molecule has 0 radical (unpaired) electrons. The van der Waals surface area contributed by atoms with Crippen molar-refractivity contribution in [3.8, 4) is 0 Å². The van der Waals surface area contributed by atoms with E-state index in [0.717, 1.165) is 26.1 Å². The fourth-order valence-electron chi connectivity index (χ4n) is 3.19. The van der Waals surface area contributed by atoms with Gasteiger partial charge in [0.15, 0.2) is 0 Å². The highest BCUT2D eigenvalue weighted by Gasteiger charge is 2.24. The largest absolute Gasteiger partial charge is 0.336 e. The van der Waals surface area contributed by atoms with Gasteiger partial charge in [0.05, 0.1) is 6.54 Å². The minimum absolute atomic E-state index is 0.0782. The summed E-state index contributed by atoms with van der Waals surface area (Å²) < 4.78 is 24.9. The van der Waals surface area contributed by atoms with Crippen LogP contribution in [0.25, 0.3) is 0 Å². The molecule has 0 spiro atoms. The van der Waals surface area contributed by atoms with E-state index in [1.807, 2.05) is 0 Å². The molecule has 8 heteroatoms. The first-order valence-electron chi connectivity index (χ1n) is 8.37. The summed E-state index contributed by atoms with van der Waals surface area (Å²) in [6, 6.07) is 0.241. The van der Waals surface area contributed by atoms with Gasteiger partial charge in [-0.1, -0.05) is 0 Å². The summed E-state index contributed by atoms with van der Waals surface area (Å²) in [5, 5.41) is 3.01. The fraction of sp³-hybridized carbons (Fsp3) is 0.933. The van der Waals surface area contributed by atoms with Gasteiger partial charge in [0.1, 0.15) is 0 Å². The van der Waals surface area contributed by atoms with E-state index in [1.54, 1.807) is 9.80 Å². The first-order valence-corrected chi connectivity index (χ1v) is 8.37. The molecule has 0 aliphatic carbocycles. The number of alkyl halides is 2. The third-order valence-corrected chi connectivity index (χ3v) is 4.74. The second kappa shape index (κ2) is 8.75. The predicted octanol–water partition coefficient (Wildman–Crippen LogP) is 0.215. The number of hydrogen-bond acceptors (Lipinski definition) is 4. The smallest absolute Gasteiger partial charge is 0.317 e. The Hall–Kier alpha value is -0.990. The Morgan fingerprint density at radius 2 is 1.91 bits per heavy atom. The average Bonchev–Trinajstić information content (AvgIpc) is 2.73. The first kappa shape index (κ1) is 18.4. The van der Waals surface area contributed by atoms with Crippen LogP contribution in [-0.2, 0) is 0 Å². The maximum atomic E-state index is 12.5. The van der Waals surface area contributed by atoms with Crippen LogP contribution >= 0.6 is 0 Å². The van der Waals surface area contributed by atoms with Crippen molar-refractivity contribution in [2.24, 2.45) is 0 Å². The molecule has 0 bridgehead atoms. The Balaban J connectivity index is 1.75. The van der Waals surface area contributed by atoms with Crippen LogP contribution in [0.3, 0.4) is 0 Å². The van der Waals surface area contributed by atoms with E-state index in [2.05, 4.69) is 29.2 Å². The summed E-state index contributed by atoms with van der Waals surface area (Å²) in [7, 11) is 4.17. The number of piperazine rings is 1. The van der Waals surface area contributed by atoms with E-state index in [4.69, 9.17) is 0 Å². The molecule has 2 heterocycles. The molecule has 2 saturated heterocycles. The highest BCUT2D eigenvalue weighted by molar-refractivity contribution is 5.74. The van der Waals surface area contributed by atoms with Crippen LogP contribution in [0.4, 0.5) is 13.6 Å². The Kier molecular flexibility index (Phi) is 6.98. The molecule has 1 atom stereocenters. The van der Waals surface area contributed by atoms with Crippen molar-refractivity contribution >= 4 is 6.03 Å². The van der Waals surface area contributed by atoms with Gasteiger partial charge in [-0.25, -0.2) is 13.6 Å². The Bertz CT molecular complexity index is 385. The number of carbonyl (C=O) groups excluding carboxylic acids is 1.